The molecule has 3 aromatic carbocycles. The first-order valence-corrected chi connectivity index (χ1v) is 11.5. The summed E-state index contributed by atoms with van der Waals surface area (Å²) in [6.45, 7) is 0.257. The molecule has 0 saturated heterocycles. The van der Waals surface area contributed by atoms with Crippen molar-refractivity contribution in [1.29, 1.82) is 0 Å². The maximum atomic E-state index is 13.8. The molecule has 35 heavy (non-hydrogen) atoms. The number of ketones is 1. The second kappa shape index (κ2) is 12.2. The summed E-state index contributed by atoms with van der Waals surface area (Å²) in [5.41, 5.74) is 1.46. The summed E-state index contributed by atoms with van der Waals surface area (Å²) in [6, 6.07) is 14.0. The first-order chi connectivity index (χ1) is 16.3. The third-order valence-electron chi connectivity index (χ3n) is 5.65. The quantitative estimate of drug-likeness (QED) is 0.334. The van der Waals surface area contributed by atoms with Crippen LogP contribution >= 0.6 is 23.2 Å². The predicted molar refractivity (Wildman–Crippen MR) is 125 cm³/mol. The Morgan fingerprint density at radius 2 is 1.83 bits per heavy atom. The van der Waals surface area contributed by atoms with Crippen molar-refractivity contribution >= 4 is 35.0 Å². The van der Waals surface area contributed by atoms with Gasteiger partial charge in [-0.15, -0.1) is 0 Å². The van der Waals surface area contributed by atoms with Gasteiger partial charge in [0.05, 0.1) is 11.6 Å². The molecule has 0 aromatic heterocycles. The second-order valence-corrected chi connectivity index (χ2v) is 8.81. The van der Waals surface area contributed by atoms with E-state index >= 15 is 0 Å². The van der Waals surface area contributed by atoms with Crippen LogP contribution in [0.5, 0.6) is 17.2 Å². The van der Waals surface area contributed by atoms with Crippen molar-refractivity contribution in [3.8, 4) is 17.2 Å². The van der Waals surface area contributed by atoms with Crippen LogP contribution in [0.25, 0.3) is 0 Å². The molecule has 0 bridgehead atoms. The predicted octanol–water partition coefficient (Wildman–Crippen LogP) is 2.75. The van der Waals surface area contributed by atoms with E-state index in [-0.39, 0.29) is 59.2 Å². The molecule has 0 spiro atoms. The van der Waals surface area contributed by atoms with Gasteiger partial charge < -0.3 is 19.4 Å². The van der Waals surface area contributed by atoms with Crippen molar-refractivity contribution in [2.24, 2.45) is 0 Å². The number of carbonyl (C=O) groups is 2. The van der Waals surface area contributed by atoms with E-state index in [1.165, 1.54) is 18.2 Å². The van der Waals surface area contributed by atoms with Gasteiger partial charge in [0.2, 0.25) is 0 Å². The van der Waals surface area contributed by atoms with Gasteiger partial charge in [-0.3, -0.25) is 4.79 Å². The van der Waals surface area contributed by atoms with Crippen molar-refractivity contribution in [1.82, 2.24) is 0 Å². The van der Waals surface area contributed by atoms with Crippen LogP contribution in [0.1, 0.15) is 46.7 Å². The van der Waals surface area contributed by atoms with Crippen LogP contribution in [-0.2, 0) is 11.2 Å². The molecule has 1 heterocycles. The van der Waals surface area contributed by atoms with Gasteiger partial charge in [-0.05, 0) is 73.4 Å². The smallest absolute Gasteiger partial charge is 0.549 e. The van der Waals surface area contributed by atoms with Gasteiger partial charge in [0.25, 0.3) is 0 Å². The van der Waals surface area contributed by atoms with Gasteiger partial charge in [-0.25, -0.2) is 4.39 Å². The fraction of sp³-hybridized carbons (Fsp3) is 0.231. The van der Waals surface area contributed by atoms with Gasteiger partial charge in [-0.2, -0.15) is 0 Å². The molecule has 4 rings (SSSR count). The first-order valence-electron chi connectivity index (χ1n) is 10.7. The van der Waals surface area contributed by atoms with Crippen LogP contribution in [-0.4, -0.2) is 18.4 Å². The molecule has 0 amide bonds. The summed E-state index contributed by atoms with van der Waals surface area (Å²) in [4.78, 5) is 23.9. The molecule has 1 aliphatic rings. The zero-order valence-corrected chi connectivity index (χ0v) is 22.5. The van der Waals surface area contributed by atoms with Crippen molar-refractivity contribution in [3.05, 3.63) is 87.2 Å². The number of hydrogen-bond donors (Lipinski definition) is 0. The summed E-state index contributed by atoms with van der Waals surface area (Å²) in [7, 11) is 0. The van der Waals surface area contributed by atoms with E-state index in [1.807, 2.05) is 0 Å². The molecule has 5 nitrogen and oxygen atoms in total. The Morgan fingerprint density at radius 3 is 2.54 bits per heavy atom. The maximum absolute atomic E-state index is 13.8. The Morgan fingerprint density at radius 1 is 1.09 bits per heavy atom. The number of carbonyl (C=O) groups excluding carboxylic acids is 2. The zero-order chi connectivity index (χ0) is 24.2. The number of fused-ring (bicyclic) bond motifs is 1. The summed E-state index contributed by atoms with van der Waals surface area (Å²) in [5, 5.41) is 12.1. The Bertz CT molecular complexity index is 1230. The van der Waals surface area contributed by atoms with E-state index in [1.54, 1.807) is 36.4 Å². The molecule has 0 N–H and O–H groups in total. The van der Waals surface area contributed by atoms with Crippen LogP contribution < -0.4 is 44.1 Å². The molecule has 0 radical (unpaired) electrons. The fourth-order valence-electron chi connectivity index (χ4n) is 3.87. The summed E-state index contributed by atoms with van der Waals surface area (Å²) < 4.78 is 25.2. The number of carboxylic acid groups (broad SMARTS) is 1. The molecule has 176 valence electrons. The molecule has 1 unspecified atom stereocenters. The van der Waals surface area contributed by atoms with E-state index < -0.39 is 11.9 Å². The molecule has 0 saturated carbocycles. The second-order valence-electron chi connectivity index (χ2n) is 7.97. The van der Waals surface area contributed by atoms with E-state index in [4.69, 9.17) is 32.7 Å². The number of ether oxygens (including phenoxy) is 2. The largest absolute Gasteiger partial charge is 1.00 e. The molecule has 1 aliphatic heterocycles. The number of Topliss-reactive ketones (excluding diaryl/α,β-unsaturated/α-hetero) is 1. The number of hydrogen-bond acceptors (Lipinski definition) is 5. The minimum atomic E-state index is -1.17. The van der Waals surface area contributed by atoms with Crippen molar-refractivity contribution in [2.75, 3.05) is 6.61 Å². The van der Waals surface area contributed by atoms with Gasteiger partial charge in [0.1, 0.15) is 23.1 Å². The monoisotopic (exact) mass is 524 g/mol. The number of aryl methyl sites for hydroxylation is 1. The number of benzene rings is 3. The summed E-state index contributed by atoms with van der Waals surface area (Å²) >= 11 is 12.2. The Labute approximate surface area is 234 Å². The van der Waals surface area contributed by atoms with Gasteiger partial charge in [0, 0.05) is 40.5 Å². The average Bonchev–Trinajstić information content (AvgIpc) is 2.81. The third kappa shape index (κ3) is 6.78. The van der Waals surface area contributed by atoms with E-state index in [0.717, 1.165) is 0 Å². The van der Waals surface area contributed by atoms with Crippen molar-refractivity contribution < 1.29 is 58.1 Å². The minimum absolute atomic E-state index is 0. The van der Waals surface area contributed by atoms with Gasteiger partial charge in [0.15, 0.2) is 5.78 Å². The topological polar surface area (TPSA) is 75.7 Å². The van der Waals surface area contributed by atoms with E-state index in [2.05, 4.69) is 0 Å². The average molecular weight is 525 g/mol. The van der Waals surface area contributed by atoms with Gasteiger partial charge in [-0.1, -0.05) is 23.2 Å². The minimum Gasteiger partial charge on any atom is -0.549 e. The van der Waals surface area contributed by atoms with Crippen LogP contribution in [0.3, 0.4) is 0 Å². The molecule has 0 fully saturated rings. The van der Waals surface area contributed by atoms with E-state index in [0.29, 0.717) is 58.2 Å². The van der Waals surface area contributed by atoms with Crippen molar-refractivity contribution in [3.63, 3.8) is 0 Å². The third-order valence-corrected chi connectivity index (χ3v) is 6.18. The van der Waals surface area contributed by atoms with Crippen LogP contribution in [0, 0.1) is 5.82 Å². The van der Waals surface area contributed by atoms with Gasteiger partial charge >= 0.3 is 29.6 Å². The fourth-order valence-corrected chi connectivity index (χ4v) is 4.27. The molecular formula is C26H20Cl2FNaO5. The number of aliphatic carboxylic acids is 1. The Kier molecular flexibility index (Phi) is 9.62. The van der Waals surface area contributed by atoms with Crippen LogP contribution in [0.2, 0.25) is 10.0 Å². The van der Waals surface area contributed by atoms with Crippen LogP contribution in [0.4, 0.5) is 4.39 Å². The number of halogens is 3. The maximum Gasteiger partial charge on any atom is 1.00 e. The molecule has 0 aliphatic carbocycles. The number of rotatable bonds is 8. The summed E-state index contributed by atoms with van der Waals surface area (Å²) in [6.07, 6.45) is 1.48. The molecular weight excluding hydrogens is 505 g/mol. The SMILES string of the molecule is O=C(CCCc1cc(Cl)ccc1F)c1ccc(Oc2cc3c(cc2Cl)C(C(=O)[O-])CCO3)cc1.[Na+]. The van der Waals surface area contributed by atoms with E-state index in [9.17, 15) is 19.1 Å². The standard InChI is InChI=1S/C26H21Cl2FO5.Na/c27-17-6-9-22(29)16(12-17)2-1-3-23(30)15-4-7-18(8-5-15)34-25-14-24-20(13-21(25)28)19(26(31)32)10-11-33-24;/h4-9,12-14,19H,1-3,10-11H2,(H,31,32);/q;+1/p-1. The number of carboxylic acids is 1. The van der Waals surface area contributed by atoms with Crippen LogP contribution in [0.15, 0.2) is 54.6 Å². The Balaban J connectivity index is 0.00000342. The normalized spacial score (nSPS) is 14.3. The summed E-state index contributed by atoms with van der Waals surface area (Å²) in [5.74, 6) is -1.21. The zero-order valence-electron chi connectivity index (χ0n) is 19.0. The molecule has 9 heteroatoms. The van der Waals surface area contributed by atoms with Crippen molar-refractivity contribution in [2.45, 2.75) is 31.6 Å². The Hall–Kier alpha value is -2.09. The molecule has 3 aromatic rings. The molecule has 1 atom stereocenters. The first kappa shape index (κ1) is 27.5.